The van der Waals surface area contributed by atoms with Crippen LogP contribution in [0.15, 0.2) is 53.4 Å². The molecule has 2 aromatic rings. The number of hydrogen-bond acceptors (Lipinski definition) is 4. The molecule has 0 aromatic heterocycles. The van der Waals surface area contributed by atoms with Crippen LogP contribution in [-0.4, -0.2) is 11.1 Å². The zero-order chi connectivity index (χ0) is 15.5. The Morgan fingerprint density at radius 3 is 2.50 bits per heavy atom. The Hall–Kier alpha value is -2.53. The highest BCUT2D eigenvalue weighted by Crippen LogP contribution is 2.28. The van der Waals surface area contributed by atoms with E-state index in [2.05, 4.69) is 5.32 Å². The van der Waals surface area contributed by atoms with Crippen molar-refractivity contribution in [2.75, 3.05) is 0 Å². The molecule has 3 rings (SSSR count). The van der Waals surface area contributed by atoms with Crippen LogP contribution in [0.4, 0.5) is 4.79 Å². The van der Waals surface area contributed by atoms with Gasteiger partial charge in [-0.15, -0.1) is 0 Å². The Balaban J connectivity index is 1.81. The van der Waals surface area contributed by atoms with Gasteiger partial charge in [-0.2, -0.15) is 0 Å². The molecule has 110 valence electrons. The first-order valence-electron chi connectivity index (χ1n) is 6.69. The fourth-order valence-electron chi connectivity index (χ4n) is 1.98. The molecule has 0 spiro atoms. The second-order valence-electron chi connectivity index (χ2n) is 4.84. The number of carbonyl (C=O) groups is 2. The quantitative estimate of drug-likeness (QED) is 0.867. The van der Waals surface area contributed by atoms with E-state index in [1.165, 1.54) is 5.56 Å². The van der Waals surface area contributed by atoms with Crippen LogP contribution in [0, 0.1) is 6.92 Å². The normalized spacial score (nSPS) is 16.0. The molecule has 5 heteroatoms. The third kappa shape index (κ3) is 3.38. The number of nitrogens with one attached hydrogen (secondary N) is 1. The van der Waals surface area contributed by atoms with Crippen molar-refractivity contribution in [1.29, 1.82) is 0 Å². The van der Waals surface area contributed by atoms with E-state index in [0.29, 0.717) is 10.7 Å². The van der Waals surface area contributed by atoms with E-state index < -0.39 is 0 Å². The van der Waals surface area contributed by atoms with Crippen molar-refractivity contribution < 1.29 is 14.3 Å². The summed E-state index contributed by atoms with van der Waals surface area (Å²) in [5.41, 5.74) is 1.97. The van der Waals surface area contributed by atoms with Gasteiger partial charge in [-0.3, -0.25) is 14.9 Å². The standard InChI is InChI=1S/C17H13NO3S/c1-11-5-7-13(8-6-11)21-14-4-2-3-12(9-14)10-15-16(19)18-17(20)22-15/h2-10H,1H3,(H,18,19,20). The van der Waals surface area contributed by atoms with Gasteiger partial charge in [0.15, 0.2) is 0 Å². The predicted molar refractivity (Wildman–Crippen MR) is 86.8 cm³/mol. The molecule has 4 nitrogen and oxygen atoms in total. The minimum atomic E-state index is -0.361. The van der Waals surface area contributed by atoms with Gasteiger partial charge in [-0.05, 0) is 54.6 Å². The monoisotopic (exact) mass is 311 g/mol. The Morgan fingerprint density at radius 1 is 1.05 bits per heavy atom. The minimum Gasteiger partial charge on any atom is -0.457 e. The molecule has 0 unspecified atom stereocenters. The maximum absolute atomic E-state index is 11.5. The van der Waals surface area contributed by atoms with E-state index in [4.69, 9.17) is 4.74 Å². The summed E-state index contributed by atoms with van der Waals surface area (Å²) in [5.74, 6) is 1.06. The summed E-state index contributed by atoms with van der Waals surface area (Å²) in [7, 11) is 0. The number of imide groups is 1. The number of benzene rings is 2. The van der Waals surface area contributed by atoms with Gasteiger partial charge in [0.1, 0.15) is 11.5 Å². The summed E-state index contributed by atoms with van der Waals surface area (Å²) >= 11 is 0.901. The van der Waals surface area contributed by atoms with E-state index in [0.717, 1.165) is 23.1 Å². The smallest absolute Gasteiger partial charge is 0.290 e. The third-order valence-electron chi connectivity index (χ3n) is 3.05. The van der Waals surface area contributed by atoms with Crippen molar-refractivity contribution in [2.45, 2.75) is 6.92 Å². The topological polar surface area (TPSA) is 55.4 Å². The van der Waals surface area contributed by atoms with E-state index >= 15 is 0 Å². The largest absolute Gasteiger partial charge is 0.457 e. The highest BCUT2D eigenvalue weighted by atomic mass is 32.2. The van der Waals surface area contributed by atoms with Gasteiger partial charge in [0.25, 0.3) is 11.1 Å². The van der Waals surface area contributed by atoms with Crippen LogP contribution in [0.3, 0.4) is 0 Å². The lowest BCUT2D eigenvalue weighted by Gasteiger charge is -2.06. The van der Waals surface area contributed by atoms with Crippen molar-refractivity contribution in [2.24, 2.45) is 0 Å². The van der Waals surface area contributed by atoms with Crippen LogP contribution >= 0.6 is 11.8 Å². The number of carbonyl (C=O) groups excluding carboxylic acids is 2. The fourth-order valence-corrected chi connectivity index (χ4v) is 2.66. The third-order valence-corrected chi connectivity index (χ3v) is 3.87. The number of thioether (sulfide) groups is 1. The van der Waals surface area contributed by atoms with Crippen molar-refractivity contribution in [3.05, 3.63) is 64.6 Å². The highest BCUT2D eigenvalue weighted by molar-refractivity contribution is 8.18. The van der Waals surface area contributed by atoms with Crippen LogP contribution in [0.25, 0.3) is 6.08 Å². The van der Waals surface area contributed by atoms with Gasteiger partial charge in [-0.25, -0.2) is 0 Å². The van der Waals surface area contributed by atoms with E-state index in [1.54, 1.807) is 6.08 Å². The molecule has 0 saturated carbocycles. The number of ether oxygens (including phenoxy) is 1. The maximum Gasteiger partial charge on any atom is 0.290 e. The number of amides is 2. The molecule has 22 heavy (non-hydrogen) atoms. The lowest BCUT2D eigenvalue weighted by molar-refractivity contribution is -0.115. The SMILES string of the molecule is Cc1ccc(Oc2cccc(C=C3SC(=O)NC3=O)c2)cc1. The van der Waals surface area contributed by atoms with E-state index in [9.17, 15) is 9.59 Å². The molecule has 1 aliphatic heterocycles. The summed E-state index contributed by atoms with van der Waals surface area (Å²) in [6.07, 6.45) is 1.67. The Bertz CT molecular complexity index is 766. The first-order chi connectivity index (χ1) is 10.6. The van der Waals surface area contributed by atoms with Gasteiger partial charge in [0, 0.05) is 0 Å². The molecule has 0 atom stereocenters. The molecular weight excluding hydrogens is 298 g/mol. The Kier molecular flexibility index (Phi) is 3.98. The Morgan fingerprint density at radius 2 is 1.82 bits per heavy atom. The van der Waals surface area contributed by atoms with Gasteiger partial charge in [0.05, 0.1) is 4.91 Å². The molecular formula is C17H13NO3S. The zero-order valence-electron chi connectivity index (χ0n) is 11.8. The minimum absolute atomic E-state index is 0.344. The van der Waals surface area contributed by atoms with Crippen molar-refractivity contribution >= 4 is 29.0 Å². The molecule has 1 saturated heterocycles. The molecule has 2 amide bonds. The highest BCUT2D eigenvalue weighted by Gasteiger charge is 2.24. The lowest BCUT2D eigenvalue weighted by atomic mass is 10.2. The predicted octanol–water partition coefficient (Wildman–Crippen LogP) is 4.11. The van der Waals surface area contributed by atoms with Gasteiger partial charge >= 0.3 is 0 Å². The van der Waals surface area contributed by atoms with Crippen molar-refractivity contribution in [3.63, 3.8) is 0 Å². The molecule has 2 aromatic carbocycles. The van der Waals surface area contributed by atoms with Gasteiger partial charge < -0.3 is 4.74 Å². The van der Waals surface area contributed by atoms with Gasteiger partial charge in [0.2, 0.25) is 0 Å². The average Bonchev–Trinajstić information content (AvgIpc) is 2.80. The number of aryl methyl sites for hydroxylation is 1. The summed E-state index contributed by atoms with van der Waals surface area (Å²) in [5, 5.41) is 1.89. The molecule has 0 aliphatic carbocycles. The molecule has 1 aliphatic rings. The van der Waals surface area contributed by atoms with Crippen LogP contribution in [0.1, 0.15) is 11.1 Å². The van der Waals surface area contributed by atoms with Crippen LogP contribution in [-0.2, 0) is 4.79 Å². The van der Waals surface area contributed by atoms with E-state index in [1.807, 2.05) is 55.5 Å². The summed E-state index contributed by atoms with van der Waals surface area (Å²) in [6.45, 7) is 2.02. The van der Waals surface area contributed by atoms with Crippen molar-refractivity contribution in [1.82, 2.24) is 5.32 Å². The van der Waals surface area contributed by atoms with Gasteiger partial charge in [-0.1, -0.05) is 29.8 Å². The van der Waals surface area contributed by atoms with Crippen LogP contribution in [0.5, 0.6) is 11.5 Å². The van der Waals surface area contributed by atoms with Crippen molar-refractivity contribution in [3.8, 4) is 11.5 Å². The molecule has 1 heterocycles. The fraction of sp³-hybridized carbons (Fsp3) is 0.0588. The number of rotatable bonds is 3. The zero-order valence-corrected chi connectivity index (χ0v) is 12.6. The first-order valence-corrected chi connectivity index (χ1v) is 7.51. The first kappa shape index (κ1) is 14.4. The second kappa shape index (κ2) is 6.07. The molecule has 0 radical (unpaired) electrons. The van der Waals surface area contributed by atoms with E-state index in [-0.39, 0.29) is 11.1 Å². The number of hydrogen-bond donors (Lipinski definition) is 1. The maximum atomic E-state index is 11.5. The summed E-state index contributed by atoms with van der Waals surface area (Å²) < 4.78 is 5.78. The molecule has 1 N–H and O–H groups in total. The molecule has 1 fully saturated rings. The summed E-state index contributed by atoms with van der Waals surface area (Å²) in [6, 6.07) is 15.1. The van der Waals surface area contributed by atoms with Crippen LogP contribution < -0.4 is 10.1 Å². The Labute approximate surface area is 132 Å². The second-order valence-corrected chi connectivity index (χ2v) is 5.85. The van der Waals surface area contributed by atoms with Crippen LogP contribution in [0.2, 0.25) is 0 Å². The molecule has 0 bridgehead atoms. The lowest BCUT2D eigenvalue weighted by Crippen LogP contribution is -2.17. The summed E-state index contributed by atoms with van der Waals surface area (Å²) in [4.78, 5) is 23.1. The average molecular weight is 311 g/mol.